The second kappa shape index (κ2) is 8.55. The van der Waals surface area contributed by atoms with E-state index in [9.17, 15) is 0 Å². The predicted octanol–water partition coefficient (Wildman–Crippen LogP) is 3.91. The molecule has 2 aromatic rings. The molecule has 0 bridgehead atoms. The van der Waals surface area contributed by atoms with Gasteiger partial charge in [-0.25, -0.2) is 0 Å². The fourth-order valence-corrected chi connectivity index (χ4v) is 4.54. The van der Waals surface area contributed by atoms with Crippen LogP contribution in [-0.2, 0) is 6.54 Å². The number of nitrogens with zero attached hydrogens (tertiary/aromatic N) is 3. The minimum absolute atomic E-state index is 0.693. The zero-order chi connectivity index (χ0) is 18.6. The Morgan fingerprint density at radius 2 is 1.48 bits per heavy atom. The van der Waals surface area contributed by atoms with Gasteiger partial charge in [-0.05, 0) is 74.3 Å². The summed E-state index contributed by atoms with van der Waals surface area (Å²) in [5.41, 5.74) is 5.81. The number of hydrogen-bond donors (Lipinski definition) is 0. The molecule has 2 aromatic carbocycles. The van der Waals surface area contributed by atoms with E-state index in [4.69, 9.17) is 0 Å². The van der Waals surface area contributed by atoms with E-state index in [2.05, 4.69) is 77.3 Å². The van der Waals surface area contributed by atoms with Gasteiger partial charge in [0.05, 0.1) is 0 Å². The molecule has 0 amide bonds. The fourth-order valence-electron chi connectivity index (χ4n) is 4.54. The van der Waals surface area contributed by atoms with Gasteiger partial charge in [-0.1, -0.05) is 42.5 Å². The lowest BCUT2D eigenvalue weighted by atomic mass is 9.84. The molecule has 27 heavy (non-hydrogen) atoms. The van der Waals surface area contributed by atoms with Crippen molar-refractivity contribution in [2.45, 2.75) is 25.3 Å². The number of hydrogen-bond acceptors (Lipinski definition) is 3. The van der Waals surface area contributed by atoms with Gasteiger partial charge in [-0.3, -0.25) is 4.90 Å². The van der Waals surface area contributed by atoms with E-state index in [1.54, 1.807) is 5.56 Å². The second-order valence-corrected chi connectivity index (χ2v) is 8.44. The molecule has 3 nitrogen and oxygen atoms in total. The van der Waals surface area contributed by atoms with E-state index in [1.165, 1.54) is 68.8 Å². The van der Waals surface area contributed by atoms with Crippen molar-refractivity contribution in [2.75, 3.05) is 53.4 Å². The summed E-state index contributed by atoms with van der Waals surface area (Å²) in [6, 6.07) is 18.3. The SMILES string of the molecule is CN1CCC(c2ccccc2-c2cccc(CN3CCN(C)CC3)c2)CC1. The second-order valence-electron chi connectivity index (χ2n) is 8.44. The third kappa shape index (κ3) is 4.60. The average Bonchev–Trinajstić information content (AvgIpc) is 2.71. The molecule has 0 atom stereocenters. The Morgan fingerprint density at radius 3 is 2.26 bits per heavy atom. The van der Waals surface area contributed by atoms with Gasteiger partial charge >= 0.3 is 0 Å². The summed E-state index contributed by atoms with van der Waals surface area (Å²) in [7, 11) is 4.46. The molecule has 2 saturated heterocycles. The first-order valence-electron chi connectivity index (χ1n) is 10.5. The van der Waals surface area contributed by atoms with Crippen LogP contribution < -0.4 is 0 Å². The number of rotatable bonds is 4. The highest BCUT2D eigenvalue weighted by Gasteiger charge is 2.21. The lowest BCUT2D eigenvalue weighted by Crippen LogP contribution is -2.43. The maximum absolute atomic E-state index is 2.59. The molecule has 2 fully saturated rings. The largest absolute Gasteiger partial charge is 0.306 e. The minimum Gasteiger partial charge on any atom is -0.306 e. The van der Waals surface area contributed by atoms with Crippen LogP contribution in [0.5, 0.6) is 0 Å². The molecule has 0 N–H and O–H groups in total. The van der Waals surface area contributed by atoms with Gasteiger partial charge in [-0.2, -0.15) is 0 Å². The third-order valence-corrected chi connectivity index (χ3v) is 6.36. The first-order valence-corrected chi connectivity index (χ1v) is 10.5. The molecular formula is C24H33N3. The van der Waals surface area contributed by atoms with Gasteiger partial charge in [0, 0.05) is 32.7 Å². The van der Waals surface area contributed by atoms with Crippen molar-refractivity contribution in [1.29, 1.82) is 0 Å². The standard InChI is InChI=1S/C24H33N3/c1-25-12-10-21(11-13-25)23-8-3-4-9-24(23)22-7-5-6-20(18-22)19-27-16-14-26(2)15-17-27/h3-9,18,21H,10-17,19H2,1-2H3. The Balaban J connectivity index is 1.53. The van der Waals surface area contributed by atoms with Crippen LogP contribution in [0.2, 0.25) is 0 Å². The number of piperidine rings is 1. The Bertz CT molecular complexity index is 741. The lowest BCUT2D eigenvalue weighted by Gasteiger charge is -2.32. The van der Waals surface area contributed by atoms with Crippen molar-refractivity contribution in [3.8, 4) is 11.1 Å². The summed E-state index contributed by atoms with van der Waals surface area (Å²) >= 11 is 0. The summed E-state index contributed by atoms with van der Waals surface area (Å²) in [6.07, 6.45) is 2.54. The monoisotopic (exact) mass is 363 g/mol. The maximum Gasteiger partial charge on any atom is 0.0235 e. The Hall–Kier alpha value is -1.68. The number of likely N-dealkylation sites (tertiary alicyclic amines) is 1. The van der Waals surface area contributed by atoms with Gasteiger partial charge in [0.2, 0.25) is 0 Å². The molecule has 144 valence electrons. The highest BCUT2D eigenvalue weighted by Crippen LogP contribution is 2.35. The maximum atomic E-state index is 2.59. The van der Waals surface area contributed by atoms with Crippen LogP contribution in [0.25, 0.3) is 11.1 Å². The van der Waals surface area contributed by atoms with Crippen molar-refractivity contribution in [3.63, 3.8) is 0 Å². The highest BCUT2D eigenvalue weighted by atomic mass is 15.2. The van der Waals surface area contributed by atoms with Crippen LogP contribution in [0.1, 0.15) is 29.9 Å². The Labute approximate surface area is 164 Å². The van der Waals surface area contributed by atoms with E-state index in [0.29, 0.717) is 5.92 Å². The van der Waals surface area contributed by atoms with Crippen LogP contribution in [0.3, 0.4) is 0 Å². The molecule has 2 aliphatic heterocycles. The molecule has 0 aliphatic carbocycles. The smallest absolute Gasteiger partial charge is 0.0235 e. The first-order chi connectivity index (χ1) is 13.2. The quantitative estimate of drug-likeness (QED) is 0.815. The summed E-state index contributed by atoms with van der Waals surface area (Å²) in [5.74, 6) is 0.693. The van der Waals surface area contributed by atoms with Crippen LogP contribution in [0.15, 0.2) is 48.5 Å². The van der Waals surface area contributed by atoms with Crippen molar-refractivity contribution in [3.05, 3.63) is 59.7 Å². The Morgan fingerprint density at radius 1 is 0.778 bits per heavy atom. The summed E-state index contributed by atoms with van der Waals surface area (Å²) in [6.45, 7) is 8.19. The zero-order valence-electron chi connectivity index (χ0n) is 16.9. The van der Waals surface area contributed by atoms with Crippen molar-refractivity contribution in [2.24, 2.45) is 0 Å². The minimum atomic E-state index is 0.693. The van der Waals surface area contributed by atoms with Crippen molar-refractivity contribution in [1.82, 2.24) is 14.7 Å². The number of piperazine rings is 1. The van der Waals surface area contributed by atoms with Crippen molar-refractivity contribution >= 4 is 0 Å². The van der Waals surface area contributed by atoms with Crippen molar-refractivity contribution < 1.29 is 0 Å². The summed E-state index contributed by atoms with van der Waals surface area (Å²) < 4.78 is 0. The van der Waals surface area contributed by atoms with Gasteiger partial charge in [0.25, 0.3) is 0 Å². The molecule has 0 saturated carbocycles. The molecule has 0 spiro atoms. The van der Waals surface area contributed by atoms with Crippen LogP contribution in [-0.4, -0.2) is 68.1 Å². The van der Waals surface area contributed by atoms with Gasteiger partial charge in [0.1, 0.15) is 0 Å². The molecule has 0 radical (unpaired) electrons. The van der Waals surface area contributed by atoms with Gasteiger partial charge in [0.15, 0.2) is 0 Å². The molecule has 2 heterocycles. The highest BCUT2D eigenvalue weighted by molar-refractivity contribution is 5.68. The van der Waals surface area contributed by atoms with E-state index >= 15 is 0 Å². The normalized spacial score (nSPS) is 20.8. The van der Waals surface area contributed by atoms with Gasteiger partial charge < -0.3 is 9.80 Å². The Kier molecular flexibility index (Phi) is 5.92. The third-order valence-electron chi connectivity index (χ3n) is 6.36. The molecular weight excluding hydrogens is 330 g/mol. The zero-order valence-corrected chi connectivity index (χ0v) is 16.9. The van der Waals surface area contributed by atoms with Crippen LogP contribution >= 0.6 is 0 Å². The number of likely N-dealkylation sites (N-methyl/N-ethyl adjacent to an activating group) is 1. The van der Waals surface area contributed by atoms with Crippen LogP contribution in [0.4, 0.5) is 0 Å². The predicted molar refractivity (Wildman–Crippen MR) is 114 cm³/mol. The molecule has 0 unspecified atom stereocenters. The van der Waals surface area contributed by atoms with E-state index in [0.717, 1.165) is 6.54 Å². The molecule has 3 heteroatoms. The topological polar surface area (TPSA) is 9.72 Å². The van der Waals surface area contributed by atoms with E-state index < -0.39 is 0 Å². The average molecular weight is 364 g/mol. The first kappa shape index (κ1) is 18.7. The summed E-state index contributed by atoms with van der Waals surface area (Å²) in [4.78, 5) is 7.46. The van der Waals surface area contributed by atoms with E-state index in [-0.39, 0.29) is 0 Å². The van der Waals surface area contributed by atoms with E-state index in [1.807, 2.05) is 0 Å². The molecule has 0 aromatic heterocycles. The van der Waals surface area contributed by atoms with Gasteiger partial charge in [-0.15, -0.1) is 0 Å². The fraction of sp³-hybridized carbons (Fsp3) is 0.500. The molecule has 4 rings (SSSR count). The lowest BCUT2D eigenvalue weighted by molar-refractivity contribution is 0.148. The molecule has 2 aliphatic rings. The number of benzene rings is 2. The van der Waals surface area contributed by atoms with Crippen LogP contribution in [0, 0.1) is 0 Å². The summed E-state index contributed by atoms with van der Waals surface area (Å²) in [5, 5.41) is 0.